The Bertz CT molecular complexity index is 350. The summed E-state index contributed by atoms with van der Waals surface area (Å²) in [6.45, 7) is 0. The first kappa shape index (κ1) is 7.57. The molecule has 0 aliphatic heterocycles. The quantitative estimate of drug-likeness (QED) is 0.663. The van der Waals surface area contributed by atoms with Crippen LogP contribution in [0.2, 0.25) is 5.02 Å². The molecule has 1 aromatic rings. The maximum Gasteiger partial charge on any atom is 0.101 e. The van der Waals surface area contributed by atoms with Crippen molar-refractivity contribution in [3.05, 3.63) is 28.5 Å². The summed E-state index contributed by atoms with van der Waals surface area (Å²) >= 11 is 5.74. The van der Waals surface area contributed by atoms with Crippen LogP contribution in [0.15, 0.2) is 12.3 Å². The fraction of sp³-hybridized carbons (Fsp3) is 0.333. The van der Waals surface area contributed by atoms with Crippen LogP contribution in [-0.4, -0.2) is 4.98 Å². The van der Waals surface area contributed by atoms with Crippen molar-refractivity contribution in [1.29, 1.82) is 5.26 Å². The van der Waals surface area contributed by atoms with Crippen LogP contribution in [0, 0.1) is 11.3 Å². The molecule has 0 bridgehead atoms. The van der Waals surface area contributed by atoms with Gasteiger partial charge in [-0.05, 0) is 18.9 Å². The highest BCUT2D eigenvalue weighted by Crippen LogP contribution is 2.39. The minimum atomic E-state index is 0.446. The molecule has 0 atom stereocenters. The van der Waals surface area contributed by atoms with E-state index in [9.17, 15) is 0 Å². The fourth-order valence-electron chi connectivity index (χ4n) is 1.14. The van der Waals surface area contributed by atoms with E-state index >= 15 is 0 Å². The molecule has 2 nitrogen and oxygen atoms in total. The van der Waals surface area contributed by atoms with Gasteiger partial charge in [-0.3, -0.25) is 4.98 Å². The van der Waals surface area contributed by atoms with Crippen LogP contribution in [-0.2, 0) is 0 Å². The van der Waals surface area contributed by atoms with E-state index in [0.29, 0.717) is 16.5 Å². The summed E-state index contributed by atoms with van der Waals surface area (Å²) in [5, 5.41) is 9.13. The zero-order valence-electron chi connectivity index (χ0n) is 6.42. The fourth-order valence-corrected chi connectivity index (χ4v) is 1.29. The molecule has 1 heterocycles. The molecule has 1 aliphatic rings. The minimum Gasteiger partial charge on any atom is -0.259 e. The Balaban J connectivity index is 2.42. The number of halogens is 1. The van der Waals surface area contributed by atoms with Crippen molar-refractivity contribution in [2.24, 2.45) is 0 Å². The molecule has 0 radical (unpaired) electrons. The first-order valence-corrected chi connectivity index (χ1v) is 4.24. The first-order chi connectivity index (χ1) is 5.81. The number of hydrogen-bond acceptors (Lipinski definition) is 2. The molecule has 12 heavy (non-hydrogen) atoms. The molecule has 1 aromatic heterocycles. The van der Waals surface area contributed by atoms with Crippen molar-refractivity contribution in [1.82, 2.24) is 4.98 Å². The van der Waals surface area contributed by atoms with Crippen molar-refractivity contribution < 1.29 is 0 Å². The zero-order valence-corrected chi connectivity index (χ0v) is 7.17. The topological polar surface area (TPSA) is 36.7 Å². The molecular formula is C9H7ClN2. The van der Waals surface area contributed by atoms with Crippen LogP contribution in [0.3, 0.4) is 0 Å². The van der Waals surface area contributed by atoms with E-state index in [1.807, 2.05) is 6.07 Å². The molecule has 0 aromatic carbocycles. The van der Waals surface area contributed by atoms with Gasteiger partial charge in [0, 0.05) is 17.8 Å². The van der Waals surface area contributed by atoms with E-state index in [2.05, 4.69) is 4.98 Å². The van der Waals surface area contributed by atoms with E-state index < -0.39 is 0 Å². The number of aromatic nitrogens is 1. The summed E-state index contributed by atoms with van der Waals surface area (Å²) in [6.07, 6.45) is 3.95. The molecule has 0 unspecified atom stereocenters. The lowest BCUT2D eigenvalue weighted by molar-refractivity contribution is 1.02. The molecular weight excluding hydrogens is 172 g/mol. The Hall–Kier alpha value is -1.07. The highest BCUT2D eigenvalue weighted by Gasteiger charge is 2.25. The molecule has 2 rings (SSSR count). The smallest absolute Gasteiger partial charge is 0.101 e. The number of nitriles is 1. The lowest BCUT2D eigenvalue weighted by atomic mass is 10.2. The third-order valence-corrected chi connectivity index (χ3v) is 2.29. The highest BCUT2D eigenvalue weighted by atomic mass is 35.5. The van der Waals surface area contributed by atoms with Gasteiger partial charge in [0.05, 0.1) is 10.6 Å². The Morgan fingerprint density at radius 3 is 2.92 bits per heavy atom. The number of pyridine rings is 1. The summed E-state index contributed by atoms with van der Waals surface area (Å²) in [5.74, 6) is 0.578. The first-order valence-electron chi connectivity index (χ1n) is 3.87. The predicted molar refractivity (Wildman–Crippen MR) is 45.9 cm³/mol. The van der Waals surface area contributed by atoms with Gasteiger partial charge in [0.25, 0.3) is 0 Å². The minimum absolute atomic E-state index is 0.446. The van der Waals surface area contributed by atoms with E-state index in [4.69, 9.17) is 16.9 Å². The largest absolute Gasteiger partial charge is 0.259 e. The van der Waals surface area contributed by atoms with Crippen molar-refractivity contribution in [3.8, 4) is 6.07 Å². The summed E-state index contributed by atoms with van der Waals surface area (Å²) in [7, 11) is 0. The lowest BCUT2D eigenvalue weighted by Gasteiger charge is -1.98. The van der Waals surface area contributed by atoms with Gasteiger partial charge >= 0.3 is 0 Å². The highest BCUT2D eigenvalue weighted by molar-refractivity contribution is 6.31. The molecule has 3 heteroatoms. The molecule has 0 amide bonds. The molecule has 0 spiro atoms. The molecule has 0 N–H and O–H groups in total. The van der Waals surface area contributed by atoms with Crippen LogP contribution in [0.5, 0.6) is 0 Å². The average molecular weight is 179 g/mol. The number of hydrogen-bond donors (Lipinski definition) is 0. The summed E-state index contributed by atoms with van der Waals surface area (Å²) < 4.78 is 0. The second-order valence-corrected chi connectivity index (χ2v) is 3.38. The molecule has 1 fully saturated rings. The van der Waals surface area contributed by atoms with E-state index in [0.717, 1.165) is 5.69 Å². The zero-order chi connectivity index (χ0) is 8.55. The van der Waals surface area contributed by atoms with Crippen molar-refractivity contribution in [3.63, 3.8) is 0 Å². The maximum atomic E-state index is 8.68. The van der Waals surface area contributed by atoms with Gasteiger partial charge in [-0.15, -0.1) is 0 Å². The molecule has 0 saturated heterocycles. The van der Waals surface area contributed by atoms with Crippen LogP contribution < -0.4 is 0 Å². The van der Waals surface area contributed by atoms with E-state index in [1.54, 1.807) is 12.3 Å². The van der Waals surface area contributed by atoms with Gasteiger partial charge < -0.3 is 0 Å². The van der Waals surface area contributed by atoms with Crippen molar-refractivity contribution >= 4 is 11.6 Å². The Labute approximate surface area is 75.8 Å². The second kappa shape index (κ2) is 2.76. The van der Waals surface area contributed by atoms with Gasteiger partial charge in [-0.2, -0.15) is 5.26 Å². The summed E-state index contributed by atoms with van der Waals surface area (Å²) in [4.78, 5) is 4.17. The number of nitrogens with zero attached hydrogens (tertiary/aromatic N) is 2. The lowest BCUT2D eigenvalue weighted by Crippen LogP contribution is -1.88. The maximum absolute atomic E-state index is 8.68. The third-order valence-electron chi connectivity index (χ3n) is 1.99. The van der Waals surface area contributed by atoms with Crippen LogP contribution in [0.4, 0.5) is 0 Å². The standard InChI is InChI=1S/C9H7ClN2/c10-8-5-12-9(6-1-2-6)3-7(8)4-11/h3,5-6H,1-2H2. The van der Waals surface area contributed by atoms with Crippen LogP contribution in [0.25, 0.3) is 0 Å². The van der Waals surface area contributed by atoms with E-state index in [1.165, 1.54) is 12.8 Å². The molecule has 1 aliphatic carbocycles. The van der Waals surface area contributed by atoms with Gasteiger partial charge in [0.1, 0.15) is 6.07 Å². The van der Waals surface area contributed by atoms with Crippen molar-refractivity contribution in [2.75, 3.05) is 0 Å². The van der Waals surface area contributed by atoms with Crippen LogP contribution >= 0.6 is 11.6 Å². The molecule has 1 saturated carbocycles. The normalized spacial score (nSPS) is 15.7. The monoisotopic (exact) mass is 178 g/mol. The third kappa shape index (κ3) is 1.28. The summed E-state index contributed by atoms with van der Waals surface area (Å²) in [5.41, 5.74) is 1.55. The number of rotatable bonds is 1. The Morgan fingerprint density at radius 1 is 1.58 bits per heavy atom. The molecule has 60 valence electrons. The van der Waals surface area contributed by atoms with Gasteiger partial charge in [-0.25, -0.2) is 0 Å². The van der Waals surface area contributed by atoms with Gasteiger partial charge in [0.15, 0.2) is 0 Å². The second-order valence-electron chi connectivity index (χ2n) is 2.98. The van der Waals surface area contributed by atoms with Crippen molar-refractivity contribution in [2.45, 2.75) is 18.8 Å². The van der Waals surface area contributed by atoms with Gasteiger partial charge in [-0.1, -0.05) is 11.6 Å². The van der Waals surface area contributed by atoms with E-state index in [-0.39, 0.29) is 0 Å². The SMILES string of the molecule is N#Cc1cc(C2CC2)ncc1Cl. The summed E-state index contributed by atoms with van der Waals surface area (Å²) in [6, 6.07) is 3.84. The van der Waals surface area contributed by atoms with Gasteiger partial charge in [0.2, 0.25) is 0 Å². The van der Waals surface area contributed by atoms with Crippen LogP contribution in [0.1, 0.15) is 30.0 Å². The average Bonchev–Trinajstić information content (AvgIpc) is 2.88. The Morgan fingerprint density at radius 2 is 2.33 bits per heavy atom. The predicted octanol–water partition coefficient (Wildman–Crippen LogP) is 2.48. The Kier molecular flexibility index (Phi) is 1.74.